The smallest absolute Gasteiger partial charge is 0.255 e. The molecule has 0 saturated carbocycles. The van der Waals surface area contributed by atoms with Gasteiger partial charge in [0, 0.05) is 34.8 Å². The third-order valence-electron chi connectivity index (χ3n) is 4.36. The molecule has 146 valence electrons. The van der Waals surface area contributed by atoms with Gasteiger partial charge in [-0.05, 0) is 50.6 Å². The van der Waals surface area contributed by atoms with Crippen LogP contribution < -0.4 is 5.32 Å². The van der Waals surface area contributed by atoms with Crippen molar-refractivity contribution in [2.75, 3.05) is 18.9 Å². The Morgan fingerprint density at radius 2 is 2.00 bits per heavy atom. The number of carbonyl (C=O) groups excluding carboxylic acids is 2. The molecule has 2 aromatic heterocycles. The number of amides is 2. The van der Waals surface area contributed by atoms with E-state index in [-0.39, 0.29) is 24.4 Å². The van der Waals surface area contributed by atoms with Crippen molar-refractivity contribution in [3.8, 4) is 0 Å². The number of fused-ring (bicyclic) bond motifs is 1. The molecule has 0 saturated heterocycles. The van der Waals surface area contributed by atoms with Crippen molar-refractivity contribution < 1.29 is 9.59 Å². The van der Waals surface area contributed by atoms with Crippen molar-refractivity contribution in [2.45, 2.75) is 26.8 Å². The number of pyridine rings is 1. The summed E-state index contributed by atoms with van der Waals surface area (Å²) in [5.41, 5.74) is 2.82. The topological polar surface area (TPSA) is 80.1 Å². The van der Waals surface area contributed by atoms with E-state index in [1.165, 1.54) is 11.1 Å². The minimum atomic E-state index is -0.269. The second-order valence-corrected chi connectivity index (χ2v) is 7.90. The van der Waals surface area contributed by atoms with Crippen LogP contribution in [0.4, 0.5) is 5.69 Å². The van der Waals surface area contributed by atoms with Crippen LogP contribution in [0.5, 0.6) is 0 Å². The Labute approximate surface area is 171 Å². The van der Waals surface area contributed by atoms with Gasteiger partial charge in [0.1, 0.15) is 0 Å². The summed E-state index contributed by atoms with van der Waals surface area (Å²) in [6, 6.07) is 7.53. The molecule has 0 unspecified atom stereocenters. The summed E-state index contributed by atoms with van der Waals surface area (Å²) in [5.74, 6) is -0.530. The highest BCUT2D eigenvalue weighted by Crippen LogP contribution is 2.20. The molecule has 1 aromatic carbocycles. The Balaban J connectivity index is 1.70. The zero-order valence-electron chi connectivity index (χ0n) is 16.2. The highest BCUT2D eigenvalue weighted by atomic mass is 79.9. The second-order valence-electron chi connectivity index (χ2n) is 6.99. The van der Waals surface area contributed by atoms with Crippen LogP contribution in [0, 0.1) is 6.92 Å². The zero-order valence-corrected chi connectivity index (χ0v) is 17.8. The van der Waals surface area contributed by atoms with E-state index in [2.05, 4.69) is 31.3 Å². The lowest BCUT2D eigenvalue weighted by atomic mass is 10.2. The molecule has 0 fully saturated rings. The van der Waals surface area contributed by atoms with E-state index in [4.69, 9.17) is 0 Å². The Morgan fingerprint density at radius 3 is 2.68 bits per heavy atom. The van der Waals surface area contributed by atoms with Gasteiger partial charge in [-0.15, -0.1) is 0 Å². The Morgan fingerprint density at radius 1 is 1.25 bits per heavy atom. The van der Waals surface area contributed by atoms with Crippen LogP contribution in [0.2, 0.25) is 0 Å². The van der Waals surface area contributed by atoms with Gasteiger partial charge in [-0.3, -0.25) is 9.59 Å². The van der Waals surface area contributed by atoms with Crippen molar-refractivity contribution in [3.63, 3.8) is 0 Å². The molecule has 8 heteroatoms. The lowest BCUT2D eigenvalue weighted by molar-refractivity contribution is -0.116. The van der Waals surface area contributed by atoms with Gasteiger partial charge in [-0.2, -0.15) is 5.10 Å². The molecule has 1 N–H and O–H groups in total. The molecule has 0 aliphatic rings. The van der Waals surface area contributed by atoms with Crippen LogP contribution in [0.3, 0.4) is 0 Å². The van der Waals surface area contributed by atoms with Gasteiger partial charge < -0.3 is 10.2 Å². The number of likely N-dealkylation sites (N-methyl/N-ethyl adjacent to an activating group) is 1. The predicted molar refractivity (Wildman–Crippen MR) is 112 cm³/mol. The minimum absolute atomic E-state index is 0.0579. The maximum absolute atomic E-state index is 12.7. The van der Waals surface area contributed by atoms with E-state index in [0.29, 0.717) is 5.56 Å². The van der Waals surface area contributed by atoms with E-state index < -0.39 is 0 Å². The Kier molecular flexibility index (Phi) is 5.79. The number of anilines is 1. The van der Waals surface area contributed by atoms with Gasteiger partial charge in [0.25, 0.3) is 5.91 Å². The normalized spacial score (nSPS) is 11.1. The van der Waals surface area contributed by atoms with E-state index in [1.54, 1.807) is 24.0 Å². The maximum Gasteiger partial charge on any atom is 0.255 e. The van der Waals surface area contributed by atoms with Gasteiger partial charge >= 0.3 is 0 Å². The van der Waals surface area contributed by atoms with Crippen molar-refractivity contribution in [2.24, 2.45) is 0 Å². The van der Waals surface area contributed by atoms with E-state index in [9.17, 15) is 9.59 Å². The van der Waals surface area contributed by atoms with Gasteiger partial charge in [-0.25, -0.2) is 9.67 Å². The molecular weight excluding hydrogens is 422 g/mol. The molecule has 28 heavy (non-hydrogen) atoms. The summed E-state index contributed by atoms with van der Waals surface area (Å²) in [7, 11) is 1.60. The van der Waals surface area contributed by atoms with Gasteiger partial charge in [0.05, 0.1) is 18.3 Å². The first-order chi connectivity index (χ1) is 13.3. The molecule has 2 amide bonds. The molecule has 0 aliphatic heterocycles. The molecular formula is C20H22BrN5O2. The number of nitrogens with zero attached hydrogens (tertiary/aromatic N) is 4. The van der Waals surface area contributed by atoms with Crippen LogP contribution in [-0.2, 0) is 4.79 Å². The van der Waals surface area contributed by atoms with Crippen LogP contribution in [0.25, 0.3) is 11.0 Å². The Bertz CT molecular complexity index is 1040. The van der Waals surface area contributed by atoms with E-state index in [0.717, 1.165) is 26.8 Å². The van der Waals surface area contributed by atoms with Crippen LogP contribution in [0.1, 0.15) is 35.8 Å². The number of aryl methyl sites for hydroxylation is 1. The molecule has 3 aromatic rings. The summed E-state index contributed by atoms with van der Waals surface area (Å²) < 4.78 is 2.75. The molecule has 3 rings (SSSR count). The monoisotopic (exact) mass is 443 g/mol. The number of benzene rings is 1. The van der Waals surface area contributed by atoms with E-state index in [1.807, 2.05) is 39.0 Å². The number of rotatable bonds is 5. The predicted octanol–water partition coefficient (Wildman–Crippen LogP) is 3.79. The quantitative estimate of drug-likeness (QED) is 0.650. The van der Waals surface area contributed by atoms with Gasteiger partial charge in [0.15, 0.2) is 5.65 Å². The largest absolute Gasteiger partial charge is 0.332 e. The number of halogens is 1. The summed E-state index contributed by atoms with van der Waals surface area (Å²) in [6.07, 6.45) is 3.22. The number of aromatic nitrogens is 3. The summed E-state index contributed by atoms with van der Waals surface area (Å²) in [4.78, 5) is 30.8. The minimum Gasteiger partial charge on any atom is -0.332 e. The van der Waals surface area contributed by atoms with Crippen molar-refractivity contribution >= 4 is 44.5 Å². The second kappa shape index (κ2) is 8.10. The zero-order chi connectivity index (χ0) is 20.4. The van der Waals surface area contributed by atoms with Crippen LogP contribution in [-0.4, -0.2) is 45.1 Å². The standard InChI is InChI=1S/C20H22BrN5O2/c1-12(2)26-19-14(10-23-26)8-15(9-22-19)20(28)25(4)11-18(27)24-17-6-5-16(21)7-13(17)3/h5-10,12H,11H2,1-4H3,(H,24,27). The van der Waals surface area contributed by atoms with Crippen LogP contribution >= 0.6 is 15.9 Å². The van der Waals surface area contributed by atoms with E-state index >= 15 is 0 Å². The maximum atomic E-state index is 12.7. The third-order valence-corrected chi connectivity index (χ3v) is 4.85. The third kappa shape index (κ3) is 4.22. The number of nitrogens with one attached hydrogen (secondary N) is 1. The molecule has 0 aliphatic carbocycles. The number of carbonyl (C=O) groups is 2. The average molecular weight is 444 g/mol. The lowest BCUT2D eigenvalue weighted by Crippen LogP contribution is -2.35. The number of hydrogen-bond acceptors (Lipinski definition) is 4. The lowest BCUT2D eigenvalue weighted by Gasteiger charge is -2.17. The van der Waals surface area contributed by atoms with Crippen molar-refractivity contribution in [3.05, 3.63) is 52.3 Å². The fourth-order valence-corrected chi connectivity index (χ4v) is 3.38. The summed E-state index contributed by atoms with van der Waals surface area (Å²) in [6.45, 7) is 5.89. The molecule has 0 atom stereocenters. The van der Waals surface area contributed by atoms with Gasteiger partial charge in [0.2, 0.25) is 5.91 Å². The number of hydrogen-bond donors (Lipinski definition) is 1. The van der Waals surface area contributed by atoms with Crippen LogP contribution in [0.15, 0.2) is 41.1 Å². The van der Waals surface area contributed by atoms with Crippen molar-refractivity contribution in [1.29, 1.82) is 0 Å². The fourth-order valence-electron chi connectivity index (χ4n) is 2.90. The van der Waals surface area contributed by atoms with Gasteiger partial charge in [-0.1, -0.05) is 15.9 Å². The fraction of sp³-hybridized carbons (Fsp3) is 0.300. The molecule has 2 heterocycles. The SMILES string of the molecule is Cc1cc(Br)ccc1NC(=O)CN(C)C(=O)c1cnc2c(cnn2C(C)C)c1. The summed E-state index contributed by atoms with van der Waals surface area (Å²) in [5, 5.41) is 7.94. The molecule has 0 bridgehead atoms. The highest BCUT2D eigenvalue weighted by molar-refractivity contribution is 9.10. The molecule has 0 radical (unpaired) electrons. The first-order valence-electron chi connectivity index (χ1n) is 8.91. The first-order valence-corrected chi connectivity index (χ1v) is 9.70. The summed E-state index contributed by atoms with van der Waals surface area (Å²) >= 11 is 3.40. The van der Waals surface area contributed by atoms with Crippen molar-refractivity contribution in [1.82, 2.24) is 19.7 Å². The first kappa shape index (κ1) is 20.0. The highest BCUT2D eigenvalue weighted by Gasteiger charge is 2.17. The molecule has 0 spiro atoms. The molecule has 7 nitrogen and oxygen atoms in total. The Hall–Kier alpha value is -2.74. The average Bonchev–Trinajstić information content (AvgIpc) is 3.06.